The molecule has 0 bridgehead atoms. The van der Waals surface area contributed by atoms with Crippen LogP contribution in [0.1, 0.15) is 10.4 Å². The first-order valence-electron chi connectivity index (χ1n) is 7.93. The van der Waals surface area contributed by atoms with E-state index >= 15 is 0 Å². The Hall–Kier alpha value is -2.60. The molecule has 1 N–H and O–H groups in total. The second kappa shape index (κ2) is 6.49. The highest BCUT2D eigenvalue weighted by atomic mass is 16.3. The monoisotopic (exact) mass is 327 g/mol. The fraction of sp³-hybridized carbons (Fsp3) is 0.333. The van der Waals surface area contributed by atoms with Crippen LogP contribution in [0.3, 0.4) is 0 Å². The quantitative estimate of drug-likeness (QED) is 0.898. The van der Waals surface area contributed by atoms with Gasteiger partial charge in [-0.05, 0) is 30.8 Å². The Balaban J connectivity index is 1.81. The number of benzene rings is 1. The number of rotatable bonds is 2. The van der Waals surface area contributed by atoms with Crippen molar-refractivity contribution < 1.29 is 9.90 Å². The Bertz CT molecular complexity index is 777. The number of aromatic nitrogens is 1. The number of carbonyl (C=O) groups is 1. The molecule has 1 fully saturated rings. The van der Waals surface area contributed by atoms with Gasteiger partial charge in [-0.2, -0.15) is 0 Å². The molecule has 0 radical (unpaired) electrons. The zero-order valence-electron chi connectivity index (χ0n) is 13.9. The maximum Gasteiger partial charge on any atom is 0.292 e. The average Bonchev–Trinajstić information content (AvgIpc) is 2.59. The summed E-state index contributed by atoms with van der Waals surface area (Å²) < 4.78 is 1.34. The van der Waals surface area contributed by atoms with Crippen LogP contribution in [0.5, 0.6) is 5.75 Å². The van der Waals surface area contributed by atoms with Crippen molar-refractivity contribution in [2.75, 3.05) is 33.2 Å². The first kappa shape index (κ1) is 16.3. The van der Waals surface area contributed by atoms with Gasteiger partial charge in [0, 0.05) is 50.6 Å². The number of hydrogen-bond donors (Lipinski definition) is 1. The number of aryl methyl sites for hydroxylation is 1. The number of aromatic hydroxyl groups is 1. The molecule has 0 unspecified atom stereocenters. The van der Waals surface area contributed by atoms with Crippen LogP contribution >= 0.6 is 0 Å². The summed E-state index contributed by atoms with van der Waals surface area (Å²) >= 11 is 0. The van der Waals surface area contributed by atoms with Gasteiger partial charge in [0.1, 0.15) is 0 Å². The van der Waals surface area contributed by atoms with Crippen molar-refractivity contribution >= 4 is 5.91 Å². The van der Waals surface area contributed by atoms with Crippen LogP contribution in [-0.4, -0.2) is 58.6 Å². The Morgan fingerprint density at radius 3 is 2.21 bits per heavy atom. The summed E-state index contributed by atoms with van der Waals surface area (Å²) in [5.74, 6) is -0.245. The van der Waals surface area contributed by atoms with Crippen molar-refractivity contribution in [3.8, 4) is 16.9 Å². The molecular weight excluding hydrogens is 306 g/mol. The van der Waals surface area contributed by atoms with E-state index in [0.29, 0.717) is 5.56 Å². The predicted molar refractivity (Wildman–Crippen MR) is 92.2 cm³/mol. The second-order valence-corrected chi connectivity index (χ2v) is 6.20. The van der Waals surface area contributed by atoms with Gasteiger partial charge in [-0.25, -0.2) is 0 Å². The lowest BCUT2D eigenvalue weighted by Crippen LogP contribution is -2.47. The zero-order chi connectivity index (χ0) is 17.3. The summed E-state index contributed by atoms with van der Waals surface area (Å²) in [5, 5.41) is 9.68. The van der Waals surface area contributed by atoms with Gasteiger partial charge in [-0.1, -0.05) is 12.1 Å². The maximum absolute atomic E-state index is 12.5. The number of piperazine rings is 1. The van der Waals surface area contributed by atoms with Gasteiger partial charge in [-0.3, -0.25) is 9.59 Å². The Kier molecular flexibility index (Phi) is 4.40. The van der Waals surface area contributed by atoms with E-state index in [2.05, 4.69) is 11.9 Å². The van der Waals surface area contributed by atoms with Crippen molar-refractivity contribution in [3.63, 3.8) is 0 Å². The summed E-state index contributed by atoms with van der Waals surface area (Å²) in [6, 6.07) is 8.70. The molecule has 24 heavy (non-hydrogen) atoms. The highest BCUT2D eigenvalue weighted by Gasteiger charge is 2.20. The molecule has 1 aliphatic rings. The summed E-state index contributed by atoms with van der Waals surface area (Å²) in [6.07, 6.45) is 1.67. The zero-order valence-corrected chi connectivity index (χ0v) is 13.9. The van der Waals surface area contributed by atoms with E-state index in [1.165, 1.54) is 10.6 Å². The molecule has 0 saturated carbocycles. The fourth-order valence-corrected chi connectivity index (χ4v) is 2.85. The van der Waals surface area contributed by atoms with E-state index in [-0.39, 0.29) is 11.7 Å². The standard InChI is InChI=1S/C18H21N3O3/c1-19-7-9-21(10-8-19)17(23)14-5-3-13(4-6-14)15-11-16(22)18(24)20(2)12-15/h3-6,11-12,22H,7-10H2,1-2H3. The maximum atomic E-state index is 12.5. The molecule has 0 aliphatic carbocycles. The largest absolute Gasteiger partial charge is 0.503 e. The van der Waals surface area contributed by atoms with Gasteiger partial charge in [-0.15, -0.1) is 0 Å². The third kappa shape index (κ3) is 3.19. The van der Waals surface area contributed by atoms with Crippen LogP contribution in [0.2, 0.25) is 0 Å². The van der Waals surface area contributed by atoms with E-state index in [0.717, 1.165) is 37.3 Å². The Morgan fingerprint density at radius 2 is 1.62 bits per heavy atom. The molecule has 6 heteroatoms. The predicted octanol–water partition coefficient (Wildman–Crippen LogP) is 1.15. The van der Waals surface area contributed by atoms with Crippen LogP contribution in [0.4, 0.5) is 0 Å². The smallest absolute Gasteiger partial charge is 0.292 e. The molecular formula is C18H21N3O3. The number of hydrogen-bond acceptors (Lipinski definition) is 4. The van der Waals surface area contributed by atoms with E-state index in [1.807, 2.05) is 17.0 Å². The van der Waals surface area contributed by atoms with Gasteiger partial charge < -0.3 is 19.5 Å². The summed E-state index contributed by atoms with van der Waals surface area (Å²) in [6.45, 7) is 3.26. The van der Waals surface area contributed by atoms with E-state index in [4.69, 9.17) is 0 Å². The Morgan fingerprint density at radius 1 is 1.00 bits per heavy atom. The molecule has 126 valence electrons. The molecule has 0 atom stereocenters. The number of nitrogens with zero attached hydrogens (tertiary/aromatic N) is 3. The molecule has 2 heterocycles. The summed E-state index contributed by atoms with van der Waals surface area (Å²) in [4.78, 5) is 28.2. The van der Waals surface area contributed by atoms with E-state index in [9.17, 15) is 14.7 Å². The highest BCUT2D eigenvalue weighted by Crippen LogP contribution is 2.22. The fourth-order valence-electron chi connectivity index (χ4n) is 2.85. The van der Waals surface area contributed by atoms with Crippen LogP contribution in [0, 0.1) is 0 Å². The number of amides is 1. The third-order valence-corrected chi connectivity index (χ3v) is 4.42. The lowest BCUT2D eigenvalue weighted by atomic mass is 10.0. The van der Waals surface area contributed by atoms with Gasteiger partial charge >= 0.3 is 0 Å². The molecule has 2 aromatic rings. The number of likely N-dealkylation sites (N-methyl/N-ethyl adjacent to an activating group) is 1. The average molecular weight is 327 g/mol. The van der Waals surface area contributed by atoms with Crippen molar-refractivity contribution in [1.29, 1.82) is 0 Å². The minimum atomic E-state index is -0.430. The SMILES string of the molecule is CN1CCN(C(=O)c2ccc(-c3cc(O)c(=O)n(C)c3)cc2)CC1. The summed E-state index contributed by atoms with van der Waals surface area (Å²) in [5.41, 5.74) is 1.79. The topological polar surface area (TPSA) is 65.8 Å². The second-order valence-electron chi connectivity index (χ2n) is 6.20. The van der Waals surface area contributed by atoms with Crippen molar-refractivity contribution in [1.82, 2.24) is 14.4 Å². The van der Waals surface area contributed by atoms with Crippen LogP contribution in [-0.2, 0) is 7.05 Å². The van der Waals surface area contributed by atoms with Crippen LogP contribution in [0.15, 0.2) is 41.3 Å². The normalized spacial score (nSPS) is 15.5. The molecule has 3 rings (SSSR count). The van der Waals surface area contributed by atoms with Crippen LogP contribution < -0.4 is 5.56 Å². The molecule has 1 aromatic carbocycles. The molecule has 0 spiro atoms. The number of carbonyl (C=O) groups excluding carboxylic acids is 1. The summed E-state index contributed by atoms with van der Waals surface area (Å²) in [7, 11) is 3.65. The number of pyridine rings is 1. The van der Waals surface area contributed by atoms with Crippen molar-refractivity contribution in [3.05, 3.63) is 52.4 Å². The van der Waals surface area contributed by atoms with Crippen molar-refractivity contribution in [2.45, 2.75) is 0 Å². The molecule has 6 nitrogen and oxygen atoms in total. The third-order valence-electron chi connectivity index (χ3n) is 4.42. The van der Waals surface area contributed by atoms with E-state index in [1.54, 1.807) is 25.4 Å². The lowest BCUT2D eigenvalue weighted by Gasteiger charge is -2.32. The molecule has 1 saturated heterocycles. The van der Waals surface area contributed by atoms with Crippen LogP contribution in [0.25, 0.3) is 11.1 Å². The minimum Gasteiger partial charge on any atom is -0.503 e. The molecule has 1 amide bonds. The van der Waals surface area contributed by atoms with Gasteiger partial charge in [0.05, 0.1) is 0 Å². The highest BCUT2D eigenvalue weighted by molar-refractivity contribution is 5.94. The van der Waals surface area contributed by atoms with E-state index < -0.39 is 5.56 Å². The molecule has 1 aromatic heterocycles. The minimum absolute atomic E-state index is 0.0398. The first-order chi connectivity index (χ1) is 11.5. The lowest BCUT2D eigenvalue weighted by molar-refractivity contribution is 0.0664. The van der Waals surface area contributed by atoms with Crippen molar-refractivity contribution in [2.24, 2.45) is 7.05 Å². The van der Waals surface area contributed by atoms with Gasteiger partial charge in [0.25, 0.3) is 11.5 Å². The van der Waals surface area contributed by atoms with Gasteiger partial charge in [0.2, 0.25) is 0 Å². The first-order valence-corrected chi connectivity index (χ1v) is 7.93. The molecule has 1 aliphatic heterocycles. The Labute approximate surface area is 140 Å². The van der Waals surface area contributed by atoms with Gasteiger partial charge in [0.15, 0.2) is 5.75 Å².